The predicted octanol–water partition coefficient (Wildman–Crippen LogP) is 7.69. The van der Waals surface area contributed by atoms with Crippen LogP contribution in [0.1, 0.15) is 44.3 Å². The van der Waals surface area contributed by atoms with Crippen molar-refractivity contribution >= 4 is 38.3 Å². The number of benzene rings is 5. The van der Waals surface area contributed by atoms with Crippen LogP contribution < -0.4 is 10.5 Å². The van der Waals surface area contributed by atoms with Crippen LogP contribution in [0, 0.1) is 0 Å². The molecule has 0 aliphatic heterocycles. The molecule has 0 saturated heterocycles. The molecule has 244 valence electrons. The SMILES string of the molecule is NC(Cc1c(CCOc2ccccc2C(=O)O)c2cc(Cl)ccc2n1C(c1ccccc1)c1ccccc1)S(=O)(=O)Cc1ccccc1. The van der Waals surface area contributed by atoms with Gasteiger partial charge in [0.15, 0.2) is 9.84 Å². The van der Waals surface area contributed by atoms with Gasteiger partial charge in [-0.05, 0) is 52.6 Å². The number of fused-ring (bicyclic) bond motifs is 1. The molecule has 48 heavy (non-hydrogen) atoms. The van der Waals surface area contributed by atoms with Crippen LogP contribution in [0.2, 0.25) is 5.02 Å². The van der Waals surface area contributed by atoms with E-state index in [1.807, 2.05) is 72.8 Å². The molecular weight excluding hydrogens is 644 g/mol. The smallest absolute Gasteiger partial charge is 0.339 e. The van der Waals surface area contributed by atoms with E-state index >= 15 is 0 Å². The Labute approximate surface area is 285 Å². The highest BCUT2D eigenvalue weighted by Gasteiger charge is 2.30. The Morgan fingerprint density at radius 1 is 0.812 bits per heavy atom. The molecule has 7 nitrogen and oxygen atoms in total. The van der Waals surface area contributed by atoms with Gasteiger partial charge in [0.2, 0.25) is 0 Å². The van der Waals surface area contributed by atoms with Crippen LogP contribution >= 0.6 is 11.6 Å². The number of carbonyl (C=O) groups is 1. The molecule has 6 rings (SSSR count). The molecule has 9 heteroatoms. The van der Waals surface area contributed by atoms with E-state index in [1.165, 1.54) is 6.07 Å². The summed E-state index contributed by atoms with van der Waals surface area (Å²) >= 11 is 6.59. The van der Waals surface area contributed by atoms with Crippen LogP contribution in [0.5, 0.6) is 5.75 Å². The number of aromatic nitrogens is 1. The van der Waals surface area contributed by atoms with E-state index in [-0.39, 0.29) is 36.1 Å². The second kappa shape index (κ2) is 14.5. The Morgan fingerprint density at radius 2 is 1.40 bits per heavy atom. The van der Waals surface area contributed by atoms with Crippen molar-refractivity contribution in [3.63, 3.8) is 0 Å². The molecule has 1 unspecified atom stereocenters. The first-order valence-corrected chi connectivity index (χ1v) is 17.7. The van der Waals surface area contributed by atoms with Crippen molar-refractivity contribution < 1.29 is 23.1 Å². The number of ether oxygens (including phenoxy) is 1. The first-order chi connectivity index (χ1) is 23.2. The van der Waals surface area contributed by atoms with E-state index in [1.54, 1.807) is 30.3 Å². The number of sulfone groups is 1. The minimum absolute atomic E-state index is 0.0265. The summed E-state index contributed by atoms with van der Waals surface area (Å²) in [5, 5.41) is 9.85. The molecule has 0 fully saturated rings. The third kappa shape index (κ3) is 7.16. The summed E-state index contributed by atoms with van der Waals surface area (Å²) in [7, 11) is -3.78. The van der Waals surface area contributed by atoms with Crippen LogP contribution in [-0.4, -0.2) is 36.0 Å². The maximum Gasteiger partial charge on any atom is 0.339 e. The van der Waals surface area contributed by atoms with E-state index in [0.29, 0.717) is 17.0 Å². The van der Waals surface area contributed by atoms with E-state index < -0.39 is 21.2 Å². The maximum absolute atomic E-state index is 13.8. The second-order valence-corrected chi connectivity index (χ2v) is 14.3. The molecule has 3 N–H and O–H groups in total. The Morgan fingerprint density at radius 3 is 2.02 bits per heavy atom. The Bertz CT molecular complexity index is 2100. The number of nitrogens with two attached hydrogens (primary N) is 1. The molecule has 0 saturated carbocycles. The molecule has 0 amide bonds. The van der Waals surface area contributed by atoms with Crippen LogP contribution in [0.3, 0.4) is 0 Å². The van der Waals surface area contributed by atoms with E-state index in [2.05, 4.69) is 28.8 Å². The van der Waals surface area contributed by atoms with Crippen molar-refractivity contribution in [1.82, 2.24) is 4.57 Å². The average Bonchev–Trinajstić information content (AvgIpc) is 3.37. The topological polar surface area (TPSA) is 112 Å². The second-order valence-electron chi connectivity index (χ2n) is 11.6. The van der Waals surface area contributed by atoms with Gasteiger partial charge in [0.1, 0.15) is 16.7 Å². The van der Waals surface area contributed by atoms with E-state index in [4.69, 9.17) is 22.1 Å². The molecule has 0 bridgehead atoms. The zero-order valence-corrected chi connectivity index (χ0v) is 27.6. The summed E-state index contributed by atoms with van der Waals surface area (Å²) in [6, 6.07) is 40.9. The van der Waals surface area contributed by atoms with Gasteiger partial charge in [-0.3, -0.25) is 0 Å². The summed E-state index contributed by atoms with van der Waals surface area (Å²) in [6.45, 7) is 0.135. The Kier molecular flexibility index (Phi) is 9.96. The fraction of sp³-hybridized carbons (Fsp3) is 0.154. The summed E-state index contributed by atoms with van der Waals surface area (Å²) in [5.41, 5.74) is 11.8. The van der Waals surface area contributed by atoms with Gasteiger partial charge in [0.05, 0.1) is 18.4 Å². The molecule has 5 aromatic carbocycles. The average molecular weight is 679 g/mol. The highest BCUT2D eigenvalue weighted by atomic mass is 35.5. The van der Waals surface area contributed by atoms with Crippen LogP contribution in [-0.2, 0) is 28.4 Å². The number of nitrogens with zero attached hydrogens (tertiary/aromatic N) is 1. The number of rotatable bonds is 13. The predicted molar refractivity (Wildman–Crippen MR) is 190 cm³/mol. The number of halogens is 1. The highest BCUT2D eigenvalue weighted by molar-refractivity contribution is 7.91. The van der Waals surface area contributed by atoms with Crippen molar-refractivity contribution in [2.45, 2.75) is 30.0 Å². The Balaban J connectivity index is 1.51. The van der Waals surface area contributed by atoms with E-state index in [0.717, 1.165) is 33.3 Å². The molecular formula is C39H35ClN2O5S. The minimum Gasteiger partial charge on any atom is -0.492 e. The van der Waals surface area contributed by atoms with Crippen molar-refractivity contribution in [3.8, 4) is 5.75 Å². The van der Waals surface area contributed by atoms with Gasteiger partial charge in [-0.25, -0.2) is 13.2 Å². The summed E-state index contributed by atoms with van der Waals surface area (Å²) in [6.07, 6.45) is 0.369. The summed E-state index contributed by atoms with van der Waals surface area (Å²) in [4.78, 5) is 11.8. The lowest BCUT2D eigenvalue weighted by molar-refractivity contribution is 0.0692. The van der Waals surface area contributed by atoms with Gasteiger partial charge in [0, 0.05) is 34.5 Å². The van der Waals surface area contributed by atoms with Crippen molar-refractivity contribution in [2.75, 3.05) is 6.61 Å². The lowest BCUT2D eigenvalue weighted by atomic mass is 9.97. The third-order valence-electron chi connectivity index (χ3n) is 8.46. The summed E-state index contributed by atoms with van der Waals surface area (Å²) < 4.78 is 35.8. The fourth-order valence-corrected chi connectivity index (χ4v) is 7.68. The number of carboxylic acid groups (broad SMARTS) is 1. The zero-order chi connectivity index (χ0) is 33.7. The first kappa shape index (κ1) is 33.0. The van der Waals surface area contributed by atoms with Crippen molar-refractivity contribution in [3.05, 3.63) is 172 Å². The molecule has 1 heterocycles. The van der Waals surface area contributed by atoms with Crippen LogP contribution in [0.4, 0.5) is 0 Å². The molecule has 1 aromatic heterocycles. The number of hydrogen-bond acceptors (Lipinski definition) is 5. The molecule has 0 aliphatic rings. The van der Waals surface area contributed by atoms with Gasteiger partial charge in [-0.15, -0.1) is 0 Å². The van der Waals surface area contributed by atoms with Crippen LogP contribution in [0.25, 0.3) is 10.9 Å². The Hall–Kier alpha value is -4.89. The lowest BCUT2D eigenvalue weighted by Gasteiger charge is -2.26. The fourth-order valence-electron chi connectivity index (χ4n) is 6.23. The number of carboxylic acids is 1. The van der Waals surface area contributed by atoms with Crippen LogP contribution in [0.15, 0.2) is 133 Å². The van der Waals surface area contributed by atoms with Crippen molar-refractivity contribution in [1.29, 1.82) is 0 Å². The van der Waals surface area contributed by atoms with Gasteiger partial charge in [0.25, 0.3) is 0 Å². The third-order valence-corrected chi connectivity index (χ3v) is 10.5. The maximum atomic E-state index is 13.8. The van der Waals surface area contributed by atoms with Gasteiger partial charge >= 0.3 is 5.97 Å². The minimum atomic E-state index is -3.78. The molecule has 0 aliphatic carbocycles. The van der Waals surface area contributed by atoms with Gasteiger partial charge in [-0.1, -0.05) is 115 Å². The lowest BCUT2D eigenvalue weighted by Crippen LogP contribution is -2.35. The van der Waals surface area contributed by atoms with E-state index in [9.17, 15) is 18.3 Å². The standard InChI is InChI=1S/C39H35ClN2O5S/c40-30-20-21-34-33(24-30)31(22-23-47-36-19-11-10-18-32(36)39(43)44)35(25-37(41)48(45,46)26-27-12-4-1-5-13-27)42(34)38(28-14-6-2-7-15-28)29-16-8-3-9-17-29/h1-21,24,37-38H,22-23,25-26,41H2,(H,43,44). The number of aromatic carboxylic acids is 1. The van der Waals surface area contributed by atoms with Gasteiger partial charge in [-0.2, -0.15) is 0 Å². The molecule has 0 spiro atoms. The highest BCUT2D eigenvalue weighted by Crippen LogP contribution is 2.38. The largest absolute Gasteiger partial charge is 0.492 e. The number of para-hydroxylation sites is 1. The zero-order valence-electron chi connectivity index (χ0n) is 26.1. The number of hydrogen-bond donors (Lipinski definition) is 2. The summed E-state index contributed by atoms with van der Waals surface area (Å²) in [5.74, 6) is -1.02. The molecule has 1 atom stereocenters. The van der Waals surface area contributed by atoms with Gasteiger partial charge < -0.3 is 20.1 Å². The quantitative estimate of drug-likeness (QED) is 0.130. The monoisotopic (exact) mass is 678 g/mol. The first-order valence-electron chi connectivity index (χ1n) is 15.6. The normalized spacial score (nSPS) is 12.3. The molecule has 6 aromatic rings. The van der Waals surface area contributed by atoms with Crippen molar-refractivity contribution in [2.24, 2.45) is 5.73 Å². The molecule has 0 radical (unpaired) electrons.